The summed E-state index contributed by atoms with van der Waals surface area (Å²) in [5.41, 5.74) is -0.347. The van der Waals surface area contributed by atoms with Crippen molar-refractivity contribution in [2.45, 2.75) is 32.2 Å². The van der Waals surface area contributed by atoms with Gasteiger partial charge in [0.05, 0.1) is 16.6 Å². The molecule has 2 aliphatic heterocycles. The highest BCUT2D eigenvalue weighted by molar-refractivity contribution is 6.31. The van der Waals surface area contributed by atoms with Crippen molar-refractivity contribution in [2.75, 3.05) is 31.2 Å². The molecule has 34 heavy (non-hydrogen) atoms. The van der Waals surface area contributed by atoms with E-state index in [1.165, 1.54) is 11.0 Å². The Morgan fingerprint density at radius 3 is 2.62 bits per heavy atom. The molecule has 3 heterocycles. The zero-order valence-electron chi connectivity index (χ0n) is 19.1. The van der Waals surface area contributed by atoms with E-state index in [0.717, 1.165) is 6.42 Å². The lowest BCUT2D eigenvalue weighted by atomic mass is 9.84. The third-order valence-corrected chi connectivity index (χ3v) is 6.75. The lowest BCUT2D eigenvalue weighted by molar-refractivity contribution is -0.126. The van der Waals surface area contributed by atoms with Gasteiger partial charge in [-0.3, -0.25) is 14.4 Å². The van der Waals surface area contributed by atoms with Gasteiger partial charge in [0, 0.05) is 36.9 Å². The zero-order valence-corrected chi connectivity index (χ0v) is 19.9. The van der Waals surface area contributed by atoms with Crippen LogP contribution in [0.2, 0.25) is 5.02 Å². The standard InChI is InChI=1S/C26H25ClN2O5/c1-3-12-28-19-9-6-5-8-18(19)26(25(28)32)21-22(30)17-15-16(27)10-11-20(17)34-23(21)24(31)29(26)13-7-14-33-4-2/h5-6,8-11,15H,3-4,7,12-14H2,1-2H3. The second kappa shape index (κ2) is 8.56. The van der Waals surface area contributed by atoms with Crippen LogP contribution in [-0.4, -0.2) is 43.0 Å². The van der Waals surface area contributed by atoms with Crippen molar-refractivity contribution in [2.24, 2.45) is 0 Å². The molecular formula is C26H25ClN2O5. The van der Waals surface area contributed by atoms with Crippen LogP contribution in [0, 0.1) is 0 Å². The fourth-order valence-electron chi connectivity index (χ4n) is 5.18. The SMILES string of the molecule is CCCN1C(=O)C2(c3ccccc31)c1c(oc3ccc(Cl)cc3c1=O)C(=O)N2CCCOCC. The van der Waals surface area contributed by atoms with Crippen LogP contribution in [0.5, 0.6) is 0 Å². The van der Waals surface area contributed by atoms with Crippen LogP contribution in [0.4, 0.5) is 5.69 Å². The molecule has 1 aromatic heterocycles. The summed E-state index contributed by atoms with van der Waals surface area (Å²) in [6, 6.07) is 12.1. The molecule has 0 radical (unpaired) electrons. The summed E-state index contributed by atoms with van der Waals surface area (Å²) in [5.74, 6) is -0.868. The molecular weight excluding hydrogens is 456 g/mol. The maximum Gasteiger partial charge on any atom is 0.291 e. The van der Waals surface area contributed by atoms with E-state index in [2.05, 4.69) is 0 Å². The Kier molecular flexibility index (Phi) is 5.70. The maximum absolute atomic E-state index is 14.2. The van der Waals surface area contributed by atoms with Crippen molar-refractivity contribution in [3.8, 4) is 0 Å². The van der Waals surface area contributed by atoms with Crippen molar-refractivity contribution in [3.05, 3.63) is 74.6 Å². The second-order valence-corrected chi connectivity index (χ2v) is 8.90. The molecule has 2 aliphatic rings. The van der Waals surface area contributed by atoms with Crippen LogP contribution < -0.4 is 10.3 Å². The van der Waals surface area contributed by atoms with E-state index < -0.39 is 16.9 Å². The first kappa shape index (κ1) is 22.6. The van der Waals surface area contributed by atoms with Crippen molar-refractivity contribution in [1.29, 1.82) is 0 Å². The Hall–Kier alpha value is -3.16. The number of benzene rings is 2. The summed E-state index contributed by atoms with van der Waals surface area (Å²) in [6.45, 7) is 5.57. The van der Waals surface area contributed by atoms with Gasteiger partial charge in [0.25, 0.3) is 11.8 Å². The van der Waals surface area contributed by atoms with E-state index in [0.29, 0.717) is 42.5 Å². The molecule has 8 heteroatoms. The summed E-state index contributed by atoms with van der Waals surface area (Å²) in [6.07, 6.45) is 1.24. The summed E-state index contributed by atoms with van der Waals surface area (Å²) in [7, 11) is 0. The zero-order chi connectivity index (χ0) is 24.0. The van der Waals surface area contributed by atoms with Crippen molar-refractivity contribution in [3.63, 3.8) is 0 Å². The first-order chi connectivity index (χ1) is 16.5. The number of hydrogen-bond donors (Lipinski definition) is 0. The molecule has 1 spiro atoms. The van der Waals surface area contributed by atoms with E-state index >= 15 is 0 Å². The van der Waals surface area contributed by atoms with E-state index in [9.17, 15) is 14.4 Å². The van der Waals surface area contributed by atoms with Crippen LogP contribution in [0.15, 0.2) is 51.7 Å². The average Bonchev–Trinajstić information content (AvgIpc) is 3.23. The number of amides is 2. The van der Waals surface area contributed by atoms with Crippen LogP contribution >= 0.6 is 11.6 Å². The third-order valence-electron chi connectivity index (χ3n) is 6.52. The molecule has 1 unspecified atom stereocenters. The Labute approximate surface area is 201 Å². The van der Waals surface area contributed by atoms with Crippen molar-refractivity contribution >= 4 is 40.1 Å². The van der Waals surface area contributed by atoms with E-state index in [1.807, 2.05) is 38.1 Å². The lowest BCUT2D eigenvalue weighted by Gasteiger charge is -2.34. The van der Waals surface area contributed by atoms with Gasteiger partial charge in [-0.05, 0) is 44.0 Å². The smallest absolute Gasteiger partial charge is 0.291 e. The van der Waals surface area contributed by atoms with Crippen molar-refractivity contribution < 1.29 is 18.7 Å². The summed E-state index contributed by atoms with van der Waals surface area (Å²) >= 11 is 6.18. The largest absolute Gasteiger partial charge is 0.450 e. The summed E-state index contributed by atoms with van der Waals surface area (Å²) in [5, 5.41) is 0.617. The van der Waals surface area contributed by atoms with E-state index in [-0.39, 0.29) is 34.7 Å². The van der Waals surface area contributed by atoms with Gasteiger partial charge in [0.15, 0.2) is 11.0 Å². The molecule has 1 atom stereocenters. The molecule has 0 fully saturated rings. The number of anilines is 1. The molecule has 2 aromatic carbocycles. The molecule has 2 amide bonds. The van der Waals surface area contributed by atoms with Gasteiger partial charge >= 0.3 is 0 Å². The second-order valence-electron chi connectivity index (χ2n) is 8.47. The third kappa shape index (κ3) is 3.03. The molecule has 0 saturated heterocycles. The average molecular weight is 481 g/mol. The van der Waals surface area contributed by atoms with Crippen molar-refractivity contribution in [1.82, 2.24) is 4.90 Å². The number of nitrogens with zero attached hydrogens (tertiary/aromatic N) is 2. The Balaban J connectivity index is 1.81. The number of fused-ring (bicyclic) bond motifs is 5. The number of hydrogen-bond acceptors (Lipinski definition) is 5. The number of para-hydroxylation sites is 1. The summed E-state index contributed by atoms with van der Waals surface area (Å²) in [4.78, 5) is 45.1. The quantitative estimate of drug-likeness (QED) is 0.470. The minimum Gasteiger partial charge on any atom is -0.450 e. The normalized spacial score (nSPS) is 18.9. The Bertz CT molecular complexity index is 1370. The topological polar surface area (TPSA) is 80.1 Å². The molecule has 0 saturated carbocycles. The van der Waals surface area contributed by atoms with Gasteiger partial charge in [0.2, 0.25) is 5.76 Å². The summed E-state index contributed by atoms with van der Waals surface area (Å²) < 4.78 is 11.5. The lowest BCUT2D eigenvalue weighted by Crippen LogP contribution is -2.53. The van der Waals surface area contributed by atoms with E-state index in [1.54, 1.807) is 17.0 Å². The van der Waals surface area contributed by atoms with Gasteiger partial charge in [0.1, 0.15) is 5.58 Å². The first-order valence-electron chi connectivity index (χ1n) is 11.5. The predicted molar refractivity (Wildman–Crippen MR) is 130 cm³/mol. The highest BCUT2D eigenvalue weighted by Crippen LogP contribution is 2.52. The van der Waals surface area contributed by atoms with Gasteiger partial charge in [-0.15, -0.1) is 0 Å². The number of carbonyl (C=O) groups excluding carboxylic acids is 2. The van der Waals surface area contributed by atoms with Gasteiger partial charge < -0.3 is 19.0 Å². The number of rotatable bonds is 7. The molecule has 0 bridgehead atoms. The van der Waals surface area contributed by atoms with E-state index in [4.69, 9.17) is 20.8 Å². The number of halogens is 1. The Morgan fingerprint density at radius 2 is 1.85 bits per heavy atom. The van der Waals surface area contributed by atoms with Crippen LogP contribution in [-0.2, 0) is 15.1 Å². The molecule has 176 valence electrons. The van der Waals surface area contributed by atoms with Gasteiger partial charge in [-0.2, -0.15) is 0 Å². The van der Waals surface area contributed by atoms with Gasteiger partial charge in [-0.1, -0.05) is 36.7 Å². The highest BCUT2D eigenvalue weighted by Gasteiger charge is 2.64. The number of carbonyl (C=O) groups is 2. The van der Waals surface area contributed by atoms with Gasteiger partial charge in [-0.25, -0.2) is 0 Å². The fraction of sp³-hybridized carbons (Fsp3) is 0.346. The molecule has 3 aromatic rings. The predicted octanol–water partition coefficient (Wildman–Crippen LogP) is 4.33. The molecule has 0 N–H and O–H groups in total. The molecule has 7 nitrogen and oxygen atoms in total. The van der Waals surface area contributed by atoms with Crippen LogP contribution in [0.3, 0.4) is 0 Å². The first-order valence-corrected chi connectivity index (χ1v) is 11.9. The molecule has 0 aliphatic carbocycles. The van der Waals surface area contributed by atoms with Crippen LogP contribution in [0.25, 0.3) is 11.0 Å². The fourth-order valence-corrected chi connectivity index (χ4v) is 5.35. The minimum atomic E-state index is -1.58. The van der Waals surface area contributed by atoms with Crippen LogP contribution in [0.1, 0.15) is 48.4 Å². The Morgan fingerprint density at radius 1 is 1.06 bits per heavy atom. The number of ether oxygens (including phenoxy) is 1. The minimum absolute atomic E-state index is 0.0692. The maximum atomic E-state index is 14.2. The monoisotopic (exact) mass is 480 g/mol. The highest BCUT2D eigenvalue weighted by atomic mass is 35.5. The molecule has 5 rings (SSSR count).